The molecule has 6 heteroatoms. The number of ether oxygens (including phenoxy) is 1. The summed E-state index contributed by atoms with van der Waals surface area (Å²) in [5, 5.41) is 17.1. The Hall–Kier alpha value is -1.95. The van der Waals surface area contributed by atoms with Crippen LogP contribution in [0, 0.1) is 5.82 Å². The molecule has 0 saturated carbocycles. The number of aliphatic hydroxyl groups excluding tert-OH is 1. The molecule has 5 nitrogen and oxygen atoms in total. The van der Waals surface area contributed by atoms with Crippen LogP contribution in [0.5, 0.6) is 5.75 Å². The van der Waals surface area contributed by atoms with Crippen LogP contribution in [0.25, 0.3) is 0 Å². The number of hydrogen-bond acceptors (Lipinski definition) is 4. The van der Waals surface area contributed by atoms with Gasteiger partial charge in [0.25, 0.3) is 0 Å². The second kappa shape index (κ2) is 4.92. The second-order valence-corrected chi connectivity index (χ2v) is 3.57. The molecule has 17 heavy (non-hydrogen) atoms. The van der Waals surface area contributed by atoms with Crippen LogP contribution in [0.1, 0.15) is 11.7 Å². The number of halogens is 1. The van der Waals surface area contributed by atoms with E-state index < -0.39 is 11.9 Å². The van der Waals surface area contributed by atoms with E-state index in [1.54, 1.807) is 10.6 Å². The maximum absolute atomic E-state index is 13.4. The lowest BCUT2D eigenvalue weighted by atomic mass is 10.1. The van der Waals surface area contributed by atoms with Crippen LogP contribution in [-0.2, 0) is 6.54 Å². The molecule has 0 bridgehead atoms. The van der Waals surface area contributed by atoms with Crippen molar-refractivity contribution in [2.24, 2.45) is 0 Å². The van der Waals surface area contributed by atoms with Crippen molar-refractivity contribution < 1.29 is 14.2 Å². The average Bonchev–Trinajstić information content (AvgIpc) is 2.81. The Labute approximate surface area is 97.5 Å². The third-order valence-electron chi connectivity index (χ3n) is 2.41. The minimum atomic E-state index is -0.814. The number of aliphatic hydroxyl groups is 1. The highest BCUT2D eigenvalue weighted by atomic mass is 19.1. The summed E-state index contributed by atoms with van der Waals surface area (Å²) in [6.07, 6.45) is 2.16. The number of nitrogens with zero attached hydrogens (tertiary/aromatic N) is 3. The van der Waals surface area contributed by atoms with Crippen LogP contribution in [0.15, 0.2) is 30.9 Å². The van der Waals surface area contributed by atoms with Crippen LogP contribution in [0.2, 0.25) is 0 Å². The van der Waals surface area contributed by atoms with Gasteiger partial charge in [0.2, 0.25) is 0 Å². The van der Waals surface area contributed by atoms with Gasteiger partial charge in [-0.1, -0.05) is 6.07 Å². The molecular weight excluding hydrogens is 225 g/mol. The minimum Gasteiger partial charge on any atom is -0.494 e. The van der Waals surface area contributed by atoms with Gasteiger partial charge in [-0.2, -0.15) is 0 Å². The van der Waals surface area contributed by atoms with E-state index in [4.69, 9.17) is 4.74 Å². The van der Waals surface area contributed by atoms with E-state index in [1.807, 2.05) is 0 Å². The highest BCUT2D eigenvalue weighted by molar-refractivity contribution is 5.30. The van der Waals surface area contributed by atoms with Crippen molar-refractivity contribution in [3.63, 3.8) is 0 Å². The predicted molar refractivity (Wildman–Crippen MR) is 57.9 cm³/mol. The summed E-state index contributed by atoms with van der Waals surface area (Å²) in [6, 6.07) is 4.37. The van der Waals surface area contributed by atoms with Crippen LogP contribution >= 0.6 is 0 Å². The summed E-state index contributed by atoms with van der Waals surface area (Å²) in [7, 11) is 1.39. The molecule has 0 spiro atoms. The minimum absolute atomic E-state index is 0.158. The molecule has 1 aromatic carbocycles. The van der Waals surface area contributed by atoms with Crippen molar-refractivity contribution in [1.29, 1.82) is 0 Å². The summed E-state index contributed by atoms with van der Waals surface area (Å²) >= 11 is 0. The van der Waals surface area contributed by atoms with Gasteiger partial charge in [0.05, 0.1) is 19.8 Å². The van der Waals surface area contributed by atoms with Gasteiger partial charge in [0.1, 0.15) is 12.7 Å². The first kappa shape index (κ1) is 11.5. The molecule has 1 atom stereocenters. The Morgan fingerprint density at radius 2 is 2.12 bits per heavy atom. The Bertz CT molecular complexity index is 487. The Kier molecular flexibility index (Phi) is 3.34. The quantitative estimate of drug-likeness (QED) is 0.866. The molecule has 0 saturated heterocycles. The topological polar surface area (TPSA) is 60.2 Å². The molecule has 0 fully saturated rings. The molecule has 2 rings (SSSR count). The lowest BCUT2D eigenvalue weighted by molar-refractivity contribution is 0.156. The van der Waals surface area contributed by atoms with Gasteiger partial charge in [-0.25, -0.2) is 4.39 Å². The van der Waals surface area contributed by atoms with Crippen molar-refractivity contribution in [3.05, 3.63) is 42.2 Å². The zero-order valence-corrected chi connectivity index (χ0v) is 9.25. The molecular formula is C11H12FN3O2. The lowest BCUT2D eigenvalue weighted by Gasteiger charge is -2.12. The van der Waals surface area contributed by atoms with Crippen LogP contribution in [0.4, 0.5) is 4.39 Å². The molecule has 1 aromatic heterocycles. The number of benzene rings is 1. The standard InChI is InChI=1S/C11H12FN3O2/c1-17-11-3-2-8(4-9(11)12)10(16)5-15-6-13-14-7-15/h2-4,6-7,10,16H,5H2,1H3. The van der Waals surface area contributed by atoms with Gasteiger partial charge < -0.3 is 14.4 Å². The zero-order chi connectivity index (χ0) is 12.3. The lowest BCUT2D eigenvalue weighted by Crippen LogP contribution is -2.07. The van der Waals surface area contributed by atoms with Crippen molar-refractivity contribution in [1.82, 2.24) is 14.8 Å². The summed E-state index contributed by atoms with van der Waals surface area (Å²) in [4.78, 5) is 0. The zero-order valence-electron chi connectivity index (χ0n) is 9.25. The molecule has 0 aliphatic heterocycles. The molecule has 1 heterocycles. The van der Waals surface area contributed by atoms with Crippen LogP contribution in [0.3, 0.4) is 0 Å². The SMILES string of the molecule is COc1ccc(C(O)Cn2cnnc2)cc1F. The molecule has 1 unspecified atom stereocenters. The third kappa shape index (κ3) is 2.59. The summed E-state index contributed by atoms with van der Waals surface area (Å²) in [6.45, 7) is 0.277. The first-order valence-electron chi connectivity index (χ1n) is 5.04. The Morgan fingerprint density at radius 1 is 1.41 bits per heavy atom. The van der Waals surface area contributed by atoms with Gasteiger partial charge in [-0.15, -0.1) is 10.2 Å². The van der Waals surface area contributed by atoms with E-state index in [-0.39, 0.29) is 12.3 Å². The fourth-order valence-corrected chi connectivity index (χ4v) is 1.51. The maximum atomic E-state index is 13.4. The van der Waals surface area contributed by atoms with Crippen LogP contribution < -0.4 is 4.74 Å². The molecule has 2 aromatic rings. The van der Waals surface area contributed by atoms with Gasteiger partial charge in [0.15, 0.2) is 11.6 Å². The number of rotatable bonds is 4. The van der Waals surface area contributed by atoms with Crippen molar-refractivity contribution >= 4 is 0 Å². The van der Waals surface area contributed by atoms with Gasteiger partial charge >= 0.3 is 0 Å². The Balaban J connectivity index is 2.14. The summed E-state index contributed by atoms with van der Waals surface area (Å²) in [5.41, 5.74) is 0.483. The average molecular weight is 237 g/mol. The van der Waals surface area contributed by atoms with Gasteiger partial charge in [0, 0.05) is 0 Å². The van der Waals surface area contributed by atoms with Crippen LogP contribution in [-0.4, -0.2) is 27.0 Å². The van der Waals surface area contributed by atoms with Gasteiger partial charge in [-0.3, -0.25) is 0 Å². The van der Waals surface area contributed by atoms with E-state index >= 15 is 0 Å². The van der Waals surface area contributed by atoms with E-state index in [9.17, 15) is 9.50 Å². The summed E-state index contributed by atoms with van der Waals surface area (Å²) in [5.74, 6) is -0.335. The van der Waals surface area contributed by atoms with Crippen molar-refractivity contribution in [3.8, 4) is 5.75 Å². The third-order valence-corrected chi connectivity index (χ3v) is 2.41. The number of hydrogen-bond donors (Lipinski definition) is 1. The molecule has 0 aliphatic rings. The molecule has 0 aliphatic carbocycles. The monoisotopic (exact) mass is 237 g/mol. The highest BCUT2D eigenvalue weighted by Crippen LogP contribution is 2.22. The number of aromatic nitrogens is 3. The van der Waals surface area contributed by atoms with Crippen molar-refractivity contribution in [2.45, 2.75) is 12.6 Å². The molecule has 0 radical (unpaired) electrons. The first-order valence-corrected chi connectivity index (χ1v) is 5.04. The fourth-order valence-electron chi connectivity index (χ4n) is 1.51. The largest absolute Gasteiger partial charge is 0.494 e. The molecule has 0 amide bonds. The van der Waals surface area contributed by atoms with E-state index in [0.29, 0.717) is 5.56 Å². The summed E-state index contributed by atoms with van der Waals surface area (Å²) < 4.78 is 19.8. The van der Waals surface area contributed by atoms with E-state index in [1.165, 1.54) is 31.9 Å². The normalized spacial score (nSPS) is 12.4. The number of methoxy groups -OCH3 is 1. The molecule has 1 N–H and O–H groups in total. The Morgan fingerprint density at radius 3 is 2.71 bits per heavy atom. The second-order valence-electron chi connectivity index (χ2n) is 3.57. The molecule has 90 valence electrons. The smallest absolute Gasteiger partial charge is 0.165 e. The van der Waals surface area contributed by atoms with Gasteiger partial charge in [-0.05, 0) is 17.7 Å². The van der Waals surface area contributed by atoms with E-state index in [2.05, 4.69) is 10.2 Å². The fraction of sp³-hybridized carbons (Fsp3) is 0.273. The maximum Gasteiger partial charge on any atom is 0.165 e. The van der Waals surface area contributed by atoms with Crippen molar-refractivity contribution in [2.75, 3.05) is 7.11 Å². The van der Waals surface area contributed by atoms with E-state index in [0.717, 1.165) is 0 Å². The predicted octanol–water partition coefficient (Wildman–Crippen LogP) is 1.16. The first-order chi connectivity index (χ1) is 8.20. The highest BCUT2D eigenvalue weighted by Gasteiger charge is 2.11.